The monoisotopic (exact) mass is 186 g/mol. The first-order chi connectivity index (χ1) is 6.04. The van der Waals surface area contributed by atoms with E-state index in [2.05, 4.69) is 6.92 Å². The van der Waals surface area contributed by atoms with Crippen molar-refractivity contribution in [3.8, 4) is 0 Å². The van der Waals surface area contributed by atoms with Crippen molar-refractivity contribution in [1.82, 2.24) is 4.90 Å². The maximum Gasteiger partial charge on any atom is 0.239 e. The molecule has 0 aliphatic carbocycles. The highest BCUT2D eigenvalue weighted by Crippen LogP contribution is 2.17. The van der Waals surface area contributed by atoms with E-state index in [1.54, 1.807) is 18.9 Å². The highest BCUT2D eigenvalue weighted by atomic mass is 16.5. The maximum absolute atomic E-state index is 11.5. The Hall–Kier alpha value is -0.610. The second-order valence-electron chi connectivity index (χ2n) is 3.82. The van der Waals surface area contributed by atoms with E-state index in [4.69, 9.17) is 10.5 Å². The fraction of sp³-hybridized carbons (Fsp3) is 0.889. The van der Waals surface area contributed by atoms with Crippen molar-refractivity contribution in [3.05, 3.63) is 0 Å². The highest BCUT2D eigenvalue weighted by molar-refractivity contribution is 5.81. The van der Waals surface area contributed by atoms with Gasteiger partial charge in [-0.05, 0) is 6.92 Å². The van der Waals surface area contributed by atoms with Crippen molar-refractivity contribution < 1.29 is 9.53 Å². The lowest BCUT2D eigenvalue weighted by atomic mass is 10.0. The molecule has 1 heterocycles. The van der Waals surface area contributed by atoms with E-state index >= 15 is 0 Å². The zero-order valence-electron chi connectivity index (χ0n) is 8.49. The van der Waals surface area contributed by atoms with E-state index in [-0.39, 0.29) is 11.9 Å². The topological polar surface area (TPSA) is 55.6 Å². The summed E-state index contributed by atoms with van der Waals surface area (Å²) in [6, 6.07) is -0.226. The number of amides is 1. The van der Waals surface area contributed by atoms with Gasteiger partial charge in [-0.3, -0.25) is 4.79 Å². The van der Waals surface area contributed by atoms with Crippen molar-refractivity contribution in [1.29, 1.82) is 0 Å². The van der Waals surface area contributed by atoms with Crippen LogP contribution in [0.4, 0.5) is 0 Å². The summed E-state index contributed by atoms with van der Waals surface area (Å²) in [5.74, 6) is 0.398. The minimum Gasteiger partial charge on any atom is -0.379 e. The minimum absolute atomic E-state index is 0.0117. The number of hydrogen-bond donors (Lipinski definition) is 1. The number of nitrogens with zero attached hydrogens (tertiary/aromatic N) is 1. The van der Waals surface area contributed by atoms with Gasteiger partial charge >= 0.3 is 0 Å². The van der Waals surface area contributed by atoms with Gasteiger partial charge in [0.15, 0.2) is 0 Å². The first-order valence-electron chi connectivity index (χ1n) is 4.64. The van der Waals surface area contributed by atoms with Crippen LogP contribution >= 0.6 is 0 Å². The third-order valence-corrected chi connectivity index (χ3v) is 2.56. The van der Waals surface area contributed by atoms with Gasteiger partial charge in [0, 0.05) is 13.0 Å². The number of carbonyl (C=O) groups is 1. The molecule has 0 saturated carbocycles. The predicted octanol–water partition coefficient (Wildman–Crippen LogP) is -0.173. The standard InChI is InChI=1S/C9H18N2O2/c1-6-4-13-5-8(6)11(3)9(12)7(2)10/h6-8H,4-5,10H2,1-3H3/t6?,7-,8?/m0/s1. The molecule has 0 aromatic carbocycles. The molecule has 0 spiro atoms. The summed E-state index contributed by atoms with van der Waals surface area (Å²) in [5, 5.41) is 0. The molecule has 4 nitrogen and oxygen atoms in total. The number of carbonyl (C=O) groups excluding carboxylic acids is 1. The average molecular weight is 186 g/mol. The molecule has 3 atom stereocenters. The lowest BCUT2D eigenvalue weighted by Crippen LogP contribution is -2.47. The van der Waals surface area contributed by atoms with Gasteiger partial charge in [0.1, 0.15) is 0 Å². The molecule has 2 N–H and O–H groups in total. The van der Waals surface area contributed by atoms with Gasteiger partial charge in [0.2, 0.25) is 5.91 Å². The van der Waals surface area contributed by atoms with Crippen LogP contribution in [0, 0.1) is 5.92 Å². The molecule has 0 radical (unpaired) electrons. The van der Waals surface area contributed by atoms with Crippen LogP contribution in [0.1, 0.15) is 13.8 Å². The molecule has 76 valence electrons. The van der Waals surface area contributed by atoms with E-state index in [1.807, 2.05) is 0 Å². The van der Waals surface area contributed by atoms with Gasteiger partial charge in [0.05, 0.1) is 25.3 Å². The first kappa shape index (κ1) is 10.5. The predicted molar refractivity (Wildman–Crippen MR) is 50.2 cm³/mol. The van der Waals surface area contributed by atoms with E-state index in [0.29, 0.717) is 12.5 Å². The second-order valence-corrected chi connectivity index (χ2v) is 3.82. The lowest BCUT2D eigenvalue weighted by molar-refractivity contribution is -0.133. The molecule has 0 aromatic rings. The van der Waals surface area contributed by atoms with Crippen LogP contribution in [-0.2, 0) is 9.53 Å². The third-order valence-electron chi connectivity index (χ3n) is 2.56. The van der Waals surface area contributed by atoms with Gasteiger partial charge in [-0.15, -0.1) is 0 Å². The average Bonchev–Trinajstić information content (AvgIpc) is 2.48. The summed E-state index contributed by atoms with van der Waals surface area (Å²) in [6.07, 6.45) is 0. The van der Waals surface area contributed by atoms with Crippen LogP contribution in [0.25, 0.3) is 0 Å². The van der Waals surface area contributed by atoms with Crippen molar-refractivity contribution >= 4 is 5.91 Å². The molecule has 1 fully saturated rings. The number of likely N-dealkylation sites (N-methyl/N-ethyl adjacent to an activating group) is 1. The van der Waals surface area contributed by atoms with Crippen molar-refractivity contribution in [2.45, 2.75) is 25.9 Å². The number of nitrogens with two attached hydrogens (primary N) is 1. The van der Waals surface area contributed by atoms with Crippen LogP contribution in [0.5, 0.6) is 0 Å². The molecular formula is C9H18N2O2. The summed E-state index contributed by atoms with van der Waals surface area (Å²) in [5.41, 5.74) is 5.52. The highest BCUT2D eigenvalue weighted by Gasteiger charge is 2.31. The fourth-order valence-electron chi connectivity index (χ4n) is 1.63. The Morgan fingerprint density at radius 2 is 2.23 bits per heavy atom. The van der Waals surface area contributed by atoms with Crippen molar-refractivity contribution in [3.63, 3.8) is 0 Å². The molecule has 1 amide bonds. The van der Waals surface area contributed by atoms with Crippen LogP contribution < -0.4 is 5.73 Å². The van der Waals surface area contributed by atoms with Crippen molar-refractivity contribution in [2.24, 2.45) is 11.7 Å². The van der Waals surface area contributed by atoms with Crippen LogP contribution in [0.3, 0.4) is 0 Å². The summed E-state index contributed by atoms with van der Waals surface area (Å²) in [6.45, 7) is 5.17. The molecule has 0 aromatic heterocycles. The van der Waals surface area contributed by atoms with Crippen LogP contribution in [0.15, 0.2) is 0 Å². The molecular weight excluding hydrogens is 168 g/mol. The quantitative estimate of drug-likeness (QED) is 0.651. The van der Waals surface area contributed by atoms with Crippen LogP contribution in [-0.4, -0.2) is 43.2 Å². The van der Waals surface area contributed by atoms with Gasteiger partial charge in [0.25, 0.3) is 0 Å². The fourth-order valence-corrected chi connectivity index (χ4v) is 1.63. The number of hydrogen-bond acceptors (Lipinski definition) is 3. The molecule has 4 heteroatoms. The Labute approximate surface area is 79.0 Å². The zero-order valence-corrected chi connectivity index (χ0v) is 8.49. The van der Waals surface area contributed by atoms with Crippen LogP contribution in [0.2, 0.25) is 0 Å². The SMILES string of the molecule is CC1COCC1N(C)C(=O)[C@H](C)N. The van der Waals surface area contributed by atoms with E-state index < -0.39 is 6.04 Å². The molecule has 1 rings (SSSR count). The third kappa shape index (κ3) is 2.19. The lowest BCUT2D eigenvalue weighted by Gasteiger charge is -2.27. The summed E-state index contributed by atoms with van der Waals surface area (Å²) in [7, 11) is 1.79. The van der Waals surface area contributed by atoms with Gasteiger partial charge in [-0.2, -0.15) is 0 Å². The normalized spacial score (nSPS) is 30.2. The smallest absolute Gasteiger partial charge is 0.239 e. The minimum atomic E-state index is -0.419. The molecule has 0 bridgehead atoms. The molecule has 1 aliphatic rings. The van der Waals surface area contributed by atoms with Gasteiger partial charge < -0.3 is 15.4 Å². The Bertz CT molecular complexity index is 194. The Morgan fingerprint density at radius 3 is 2.62 bits per heavy atom. The number of ether oxygens (including phenoxy) is 1. The second kappa shape index (κ2) is 4.07. The Kier molecular flexibility index (Phi) is 3.27. The summed E-state index contributed by atoms with van der Waals surface area (Å²) in [4.78, 5) is 13.2. The Morgan fingerprint density at radius 1 is 1.62 bits per heavy atom. The van der Waals surface area contributed by atoms with Crippen molar-refractivity contribution in [2.75, 3.05) is 20.3 Å². The maximum atomic E-state index is 11.5. The largest absolute Gasteiger partial charge is 0.379 e. The van der Waals surface area contributed by atoms with E-state index in [9.17, 15) is 4.79 Å². The van der Waals surface area contributed by atoms with E-state index in [0.717, 1.165) is 6.61 Å². The number of rotatable bonds is 2. The zero-order chi connectivity index (χ0) is 10.0. The molecule has 13 heavy (non-hydrogen) atoms. The summed E-state index contributed by atoms with van der Waals surface area (Å²) >= 11 is 0. The van der Waals surface area contributed by atoms with Gasteiger partial charge in [-0.1, -0.05) is 6.92 Å². The molecule has 1 aliphatic heterocycles. The molecule has 1 saturated heterocycles. The van der Waals surface area contributed by atoms with Gasteiger partial charge in [-0.25, -0.2) is 0 Å². The first-order valence-corrected chi connectivity index (χ1v) is 4.64. The molecule has 2 unspecified atom stereocenters. The Balaban J connectivity index is 2.56. The summed E-state index contributed by atoms with van der Waals surface area (Å²) < 4.78 is 5.29. The van der Waals surface area contributed by atoms with E-state index in [1.165, 1.54) is 0 Å².